The van der Waals surface area contributed by atoms with Crippen molar-refractivity contribution in [1.29, 1.82) is 0 Å². The second-order valence-corrected chi connectivity index (χ2v) is 6.00. The van der Waals surface area contributed by atoms with E-state index < -0.39 is 0 Å². The number of nitrogens with one attached hydrogen (secondary N) is 1. The van der Waals surface area contributed by atoms with Gasteiger partial charge in [0.15, 0.2) is 11.5 Å². The van der Waals surface area contributed by atoms with Crippen LogP contribution in [0.4, 0.5) is 5.82 Å². The Hall–Kier alpha value is -3.06. The van der Waals surface area contributed by atoms with Crippen LogP contribution < -0.4 is 14.8 Å². The maximum atomic E-state index is 6.01. The van der Waals surface area contributed by atoms with Crippen molar-refractivity contribution in [3.05, 3.63) is 53.6 Å². The minimum atomic E-state index is 0.415. The first-order valence-electron chi connectivity index (χ1n) is 7.92. The molecule has 26 heavy (non-hydrogen) atoms. The van der Waals surface area contributed by atoms with Gasteiger partial charge in [-0.2, -0.15) is 0 Å². The van der Waals surface area contributed by atoms with Crippen molar-refractivity contribution < 1.29 is 9.47 Å². The third-order valence-corrected chi connectivity index (χ3v) is 4.31. The summed E-state index contributed by atoms with van der Waals surface area (Å²) in [6.07, 6.45) is 3.43. The van der Waals surface area contributed by atoms with E-state index in [4.69, 9.17) is 21.1 Å². The van der Waals surface area contributed by atoms with E-state index >= 15 is 0 Å². The fourth-order valence-electron chi connectivity index (χ4n) is 2.81. The van der Waals surface area contributed by atoms with Gasteiger partial charge in [-0.1, -0.05) is 11.6 Å². The van der Waals surface area contributed by atoms with Gasteiger partial charge in [0.05, 0.1) is 20.4 Å². The number of hydrogen-bond acceptors (Lipinski definition) is 6. The SMILES string of the molecule is COc1ccc(CNc2nc3ccc(Cl)nc3n3cncc23)c(OC)c1. The molecule has 3 heterocycles. The largest absolute Gasteiger partial charge is 0.497 e. The summed E-state index contributed by atoms with van der Waals surface area (Å²) in [7, 11) is 3.26. The van der Waals surface area contributed by atoms with Crippen molar-refractivity contribution in [2.24, 2.45) is 0 Å². The summed E-state index contributed by atoms with van der Waals surface area (Å²) >= 11 is 6.01. The van der Waals surface area contributed by atoms with Crippen molar-refractivity contribution in [2.75, 3.05) is 19.5 Å². The molecule has 1 N–H and O–H groups in total. The first-order valence-corrected chi connectivity index (χ1v) is 8.30. The molecule has 3 aromatic heterocycles. The maximum absolute atomic E-state index is 6.01. The fourth-order valence-corrected chi connectivity index (χ4v) is 2.95. The van der Waals surface area contributed by atoms with Crippen LogP contribution in [0.3, 0.4) is 0 Å². The molecule has 1 aromatic carbocycles. The highest BCUT2D eigenvalue weighted by molar-refractivity contribution is 6.29. The van der Waals surface area contributed by atoms with Crippen LogP contribution in [0.5, 0.6) is 11.5 Å². The van der Waals surface area contributed by atoms with Crippen molar-refractivity contribution in [2.45, 2.75) is 6.54 Å². The summed E-state index contributed by atoms with van der Waals surface area (Å²) in [4.78, 5) is 13.2. The Bertz CT molecular complexity index is 1100. The lowest BCUT2D eigenvalue weighted by Gasteiger charge is -2.13. The lowest BCUT2D eigenvalue weighted by Crippen LogP contribution is -2.06. The Labute approximate surface area is 154 Å². The van der Waals surface area contributed by atoms with E-state index in [0.717, 1.165) is 28.1 Å². The number of fused-ring (bicyclic) bond motifs is 3. The number of rotatable bonds is 5. The zero-order valence-corrected chi connectivity index (χ0v) is 15.0. The number of hydrogen-bond donors (Lipinski definition) is 1. The van der Waals surface area contributed by atoms with Gasteiger partial charge in [-0.3, -0.25) is 4.40 Å². The van der Waals surface area contributed by atoms with Gasteiger partial charge in [-0.05, 0) is 24.3 Å². The Morgan fingerprint density at radius 3 is 2.81 bits per heavy atom. The van der Waals surface area contributed by atoms with Crippen LogP contribution in [0.15, 0.2) is 42.9 Å². The number of anilines is 1. The molecular formula is C18H16ClN5O2. The standard InChI is InChI=1S/C18H16ClN5O2/c1-25-12-4-3-11(15(7-12)26-2)8-21-17-14-9-20-10-24(14)18-13(22-17)5-6-16(19)23-18/h3-7,9-10H,8H2,1-2H3,(H,21,22). The molecule has 0 saturated carbocycles. The zero-order valence-electron chi connectivity index (χ0n) is 14.2. The van der Waals surface area contributed by atoms with Crippen molar-refractivity contribution in [1.82, 2.24) is 19.4 Å². The van der Waals surface area contributed by atoms with Crippen molar-refractivity contribution in [3.8, 4) is 11.5 Å². The molecule has 0 amide bonds. The highest BCUT2D eigenvalue weighted by Gasteiger charge is 2.11. The van der Waals surface area contributed by atoms with Gasteiger partial charge in [0.2, 0.25) is 0 Å². The van der Waals surface area contributed by atoms with E-state index in [9.17, 15) is 0 Å². The molecule has 0 spiro atoms. The van der Waals surface area contributed by atoms with Crippen molar-refractivity contribution >= 4 is 34.1 Å². The van der Waals surface area contributed by atoms with Crippen molar-refractivity contribution in [3.63, 3.8) is 0 Å². The molecule has 132 valence electrons. The molecule has 0 aliphatic carbocycles. The minimum Gasteiger partial charge on any atom is -0.497 e. The number of imidazole rings is 1. The summed E-state index contributed by atoms with van der Waals surface area (Å²) in [5, 5.41) is 3.77. The quantitative estimate of drug-likeness (QED) is 0.542. The summed E-state index contributed by atoms with van der Waals surface area (Å²) in [5.74, 6) is 2.20. The Morgan fingerprint density at radius 2 is 2.00 bits per heavy atom. The first kappa shape index (κ1) is 16.4. The first-order chi connectivity index (χ1) is 12.7. The van der Waals surface area contributed by atoms with Crippen LogP contribution in [0.2, 0.25) is 5.15 Å². The van der Waals surface area contributed by atoms with Crippen LogP contribution in [0.25, 0.3) is 16.7 Å². The fraction of sp³-hybridized carbons (Fsp3) is 0.167. The van der Waals surface area contributed by atoms with E-state index in [1.165, 1.54) is 0 Å². The second-order valence-electron chi connectivity index (χ2n) is 5.62. The topological polar surface area (TPSA) is 73.6 Å². The monoisotopic (exact) mass is 369 g/mol. The summed E-state index contributed by atoms with van der Waals surface area (Å²) in [6.45, 7) is 0.535. The number of aromatic nitrogens is 4. The van der Waals surface area contributed by atoms with Gasteiger partial charge in [0.1, 0.15) is 34.0 Å². The van der Waals surface area contributed by atoms with Crippen LogP contribution in [-0.4, -0.2) is 33.6 Å². The normalized spacial score (nSPS) is 11.0. The molecular weight excluding hydrogens is 354 g/mol. The molecule has 0 unspecified atom stereocenters. The Balaban J connectivity index is 1.71. The molecule has 0 saturated heterocycles. The number of halogens is 1. The van der Waals surface area contributed by atoms with Gasteiger partial charge >= 0.3 is 0 Å². The zero-order chi connectivity index (χ0) is 18.1. The predicted octanol–water partition coefficient (Wildman–Crippen LogP) is 3.56. The maximum Gasteiger partial charge on any atom is 0.166 e. The Kier molecular flexibility index (Phi) is 4.22. The van der Waals surface area contributed by atoms with Crippen LogP contribution >= 0.6 is 11.6 Å². The molecule has 4 aromatic rings. The smallest absolute Gasteiger partial charge is 0.166 e. The molecule has 7 nitrogen and oxygen atoms in total. The number of pyridine rings is 1. The minimum absolute atomic E-state index is 0.415. The van der Waals surface area contributed by atoms with Crippen LogP contribution in [0, 0.1) is 0 Å². The van der Waals surface area contributed by atoms with E-state index in [-0.39, 0.29) is 0 Å². The lowest BCUT2D eigenvalue weighted by atomic mass is 10.2. The summed E-state index contributed by atoms with van der Waals surface area (Å²) < 4.78 is 12.5. The molecule has 0 fully saturated rings. The molecule has 0 atom stereocenters. The van der Waals surface area contributed by atoms with Crippen LogP contribution in [0.1, 0.15) is 5.56 Å². The molecule has 4 rings (SSSR count). The van der Waals surface area contributed by atoms with Gasteiger partial charge in [0.25, 0.3) is 0 Å². The van der Waals surface area contributed by atoms with Gasteiger partial charge < -0.3 is 14.8 Å². The predicted molar refractivity (Wildman–Crippen MR) is 100 cm³/mol. The molecule has 0 aliphatic rings. The van der Waals surface area contributed by atoms with E-state index in [0.29, 0.717) is 23.2 Å². The third kappa shape index (κ3) is 2.86. The van der Waals surface area contributed by atoms with Gasteiger partial charge in [0, 0.05) is 18.2 Å². The lowest BCUT2D eigenvalue weighted by molar-refractivity contribution is 0.391. The number of nitrogens with zero attached hydrogens (tertiary/aromatic N) is 4. The number of benzene rings is 1. The second kappa shape index (κ2) is 6.68. The van der Waals surface area contributed by atoms with E-state index in [1.54, 1.807) is 32.8 Å². The molecule has 0 radical (unpaired) electrons. The number of methoxy groups -OCH3 is 2. The van der Waals surface area contributed by atoms with Gasteiger partial charge in [-0.15, -0.1) is 0 Å². The highest BCUT2D eigenvalue weighted by atomic mass is 35.5. The van der Waals surface area contributed by atoms with E-state index in [1.807, 2.05) is 28.7 Å². The molecule has 0 bridgehead atoms. The Morgan fingerprint density at radius 1 is 1.12 bits per heavy atom. The van der Waals surface area contributed by atoms with Crippen LogP contribution in [-0.2, 0) is 6.54 Å². The summed E-state index contributed by atoms with van der Waals surface area (Å²) in [5.41, 5.74) is 3.20. The number of ether oxygens (including phenoxy) is 2. The van der Waals surface area contributed by atoms with Gasteiger partial charge in [-0.25, -0.2) is 15.0 Å². The molecule has 8 heteroatoms. The van der Waals surface area contributed by atoms with E-state index in [2.05, 4.69) is 20.3 Å². The highest BCUT2D eigenvalue weighted by Crippen LogP contribution is 2.27. The summed E-state index contributed by atoms with van der Waals surface area (Å²) in [6, 6.07) is 9.26. The average molecular weight is 370 g/mol. The molecule has 0 aliphatic heterocycles. The average Bonchev–Trinajstić information content (AvgIpc) is 3.16. The third-order valence-electron chi connectivity index (χ3n) is 4.10.